The Labute approximate surface area is 217 Å². The maximum absolute atomic E-state index is 12.7. The minimum Gasteiger partial charge on any atom is -0.379 e. The van der Waals surface area contributed by atoms with Gasteiger partial charge in [-0.1, -0.05) is 54.6 Å². The zero-order valence-electron chi connectivity index (χ0n) is 20.8. The fourth-order valence-electron chi connectivity index (χ4n) is 4.41. The Morgan fingerprint density at radius 3 is 2.57 bits per heavy atom. The van der Waals surface area contributed by atoms with Crippen LogP contribution in [0.3, 0.4) is 0 Å². The highest BCUT2D eigenvalue weighted by atomic mass is 16.5. The smallest absolute Gasteiger partial charge is 0.244 e. The number of rotatable bonds is 9. The summed E-state index contributed by atoms with van der Waals surface area (Å²) >= 11 is 0. The fraction of sp³-hybridized carbons (Fsp3) is 0.233. The molecule has 0 radical (unpaired) electrons. The predicted octanol–water partition coefficient (Wildman–Crippen LogP) is 4.16. The van der Waals surface area contributed by atoms with Crippen LogP contribution >= 0.6 is 0 Å². The average molecular weight is 494 g/mol. The number of aromatic nitrogens is 3. The van der Waals surface area contributed by atoms with Crippen LogP contribution < -0.4 is 5.32 Å². The molecule has 1 N–H and O–H groups in total. The topological polar surface area (TPSA) is 72.3 Å². The summed E-state index contributed by atoms with van der Waals surface area (Å²) in [4.78, 5) is 19.3. The number of nitrogens with zero attached hydrogens (tertiary/aromatic N) is 4. The molecule has 0 unspecified atom stereocenters. The van der Waals surface area contributed by atoms with Gasteiger partial charge < -0.3 is 10.1 Å². The number of ether oxygens (including phenoxy) is 1. The summed E-state index contributed by atoms with van der Waals surface area (Å²) in [5.41, 5.74) is 6.06. The van der Waals surface area contributed by atoms with E-state index in [2.05, 4.69) is 45.5 Å². The summed E-state index contributed by atoms with van der Waals surface area (Å²) in [5, 5.41) is 7.79. The highest BCUT2D eigenvalue weighted by molar-refractivity contribution is 5.92. The summed E-state index contributed by atoms with van der Waals surface area (Å²) in [7, 11) is 0. The van der Waals surface area contributed by atoms with Crippen LogP contribution in [0.1, 0.15) is 22.3 Å². The molecule has 1 aliphatic heterocycles. The molecule has 2 aromatic carbocycles. The Bertz CT molecular complexity index is 1330. The maximum Gasteiger partial charge on any atom is 0.244 e. The highest BCUT2D eigenvalue weighted by Gasteiger charge is 2.12. The lowest BCUT2D eigenvalue weighted by atomic mass is 10.1. The molecule has 1 saturated heterocycles. The van der Waals surface area contributed by atoms with Gasteiger partial charge in [0.1, 0.15) is 5.69 Å². The normalized spacial score (nSPS) is 14.2. The van der Waals surface area contributed by atoms with E-state index in [1.807, 2.05) is 53.4 Å². The molecular weight excluding hydrogens is 462 g/mol. The number of benzene rings is 2. The SMILES string of the molecule is O=C(/C=C/c1cn(Cc2ccccc2)nc1-c1cccnc1)NCc1cccc(CN2CCOCC2)c1. The Kier molecular flexibility index (Phi) is 8.15. The van der Waals surface area contributed by atoms with Gasteiger partial charge in [0.15, 0.2) is 0 Å². The minimum atomic E-state index is -0.147. The first-order chi connectivity index (χ1) is 18.2. The molecule has 3 heterocycles. The van der Waals surface area contributed by atoms with Crippen LogP contribution in [-0.2, 0) is 29.2 Å². The molecule has 188 valence electrons. The molecule has 0 bridgehead atoms. The van der Waals surface area contributed by atoms with E-state index in [0.29, 0.717) is 13.1 Å². The van der Waals surface area contributed by atoms with Gasteiger partial charge in [-0.25, -0.2) is 0 Å². The number of amides is 1. The largest absolute Gasteiger partial charge is 0.379 e. The third-order valence-corrected chi connectivity index (χ3v) is 6.29. The van der Waals surface area contributed by atoms with Gasteiger partial charge in [-0.2, -0.15) is 5.10 Å². The predicted molar refractivity (Wildman–Crippen MR) is 144 cm³/mol. The van der Waals surface area contributed by atoms with Crippen LogP contribution in [0.15, 0.2) is 91.4 Å². The van der Waals surface area contributed by atoms with Gasteiger partial charge in [-0.3, -0.25) is 19.4 Å². The molecule has 4 aromatic rings. The zero-order valence-corrected chi connectivity index (χ0v) is 20.8. The van der Waals surface area contributed by atoms with Crippen molar-refractivity contribution in [3.63, 3.8) is 0 Å². The number of morpholine rings is 1. The minimum absolute atomic E-state index is 0.147. The highest BCUT2D eigenvalue weighted by Crippen LogP contribution is 2.23. The van der Waals surface area contributed by atoms with Crippen LogP contribution in [0.25, 0.3) is 17.3 Å². The van der Waals surface area contributed by atoms with E-state index in [1.165, 1.54) is 5.56 Å². The summed E-state index contributed by atoms with van der Waals surface area (Å²) in [6, 6.07) is 22.4. The van der Waals surface area contributed by atoms with Crippen LogP contribution in [0, 0.1) is 0 Å². The van der Waals surface area contributed by atoms with Crippen molar-refractivity contribution in [1.82, 2.24) is 25.0 Å². The van der Waals surface area contributed by atoms with E-state index in [4.69, 9.17) is 9.84 Å². The summed E-state index contributed by atoms with van der Waals surface area (Å²) < 4.78 is 7.34. The first-order valence-electron chi connectivity index (χ1n) is 12.6. The first-order valence-corrected chi connectivity index (χ1v) is 12.6. The number of hydrogen-bond donors (Lipinski definition) is 1. The van der Waals surface area contributed by atoms with Gasteiger partial charge in [0.05, 0.1) is 19.8 Å². The molecule has 1 aliphatic rings. The van der Waals surface area contributed by atoms with E-state index in [0.717, 1.165) is 60.8 Å². The Morgan fingerprint density at radius 1 is 0.946 bits per heavy atom. The molecule has 0 saturated carbocycles. The molecule has 0 atom stereocenters. The van der Waals surface area contributed by atoms with Crippen molar-refractivity contribution < 1.29 is 9.53 Å². The van der Waals surface area contributed by atoms with Gasteiger partial charge in [-0.05, 0) is 34.9 Å². The number of carbonyl (C=O) groups excluding carboxylic acids is 1. The number of hydrogen-bond acceptors (Lipinski definition) is 5. The van der Waals surface area contributed by atoms with Gasteiger partial charge in [0, 0.05) is 62.0 Å². The standard InChI is InChI=1S/C30H31N5O2/c36-29(32-19-25-8-4-9-26(18-25)21-34-14-16-37-17-15-34)12-11-28-23-35(22-24-6-2-1-3-7-24)33-30(28)27-10-5-13-31-20-27/h1-13,18,20,23H,14-17,19,21-22H2,(H,32,36)/b12-11+. The Hall–Kier alpha value is -4.07. The van der Waals surface area contributed by atoms with Crippen LogP contribution in [0.5, 0.6) is 0 Å². The lowest BCUT2D eigenvalue weighted by Crippen LogP contribution is -2.35. The number of nitrogens with one attached hydrogen (secondary N) is 1. The van der Waals surface area contributed by atoms with Crippen LogP contribution in [0.4, 0.5) is 0 Å². The van der Waals surface area contributed by atoms with E-state index < -0.39 is 0 Å². The second kappa shape index (κ2) is 12.3. The quantitative estimate of drug-likeness (QED) is 0.355. The first kappa shape index (κ1) is 24.6. The second-order valence-corrected chi connectivity index (χ2v) is 9.12. The van der Waals surface area contributed by atoms with Gasteiger partial charge in [-0.15, -0.1) is 0 Å². The van der Waals surface area contributed by atoms with Crippen molar-refractivity contribution in [2.75, 3.05) is 26.3 Å². The molecule has 0 spiro atoms. The molecular formula is C30H31N5O2. The number of pyridine rings is 1. The summed E-state index contributed by atoms with van der Waals surface area (Å²) in [6.07, 6.45) is 8.89. The summed E-state index contributed by atoms with van der Waals surface area (Å²) in [5.74, 6) is -0.147. The lowest BCUT2D eigenvalue weighted by Gasteiger charge is -2.26. The molecule has 1 amide bonds. The van der Waals surface area contributed by atoms with Gasteiger partial charge >= 0.3 is 0 Å². The van der Waals surface area contributed by atoms with Gasteiger partial charge in [0.2, 0.25) is 5.91 Å². The van der Waals surface area contributed by atoms with E-state index in [1.54, 1.807) is 18.5 Å². The molecule has 37 heavy (non-hydrogen) atoms. The Balaban J connectivity index is 1.24. The van der Waals surface area contributed by atoms with Gasteiger partial charge in [0.25, 0.3) is 0 Å². The molecule has 7 heteroatoms. The zero-order chi connectivity index (χ0) is 25.3. The van der Waals surface area contributed by atoms with Crippen LogP contribution in [0.2, 0.25) is 0 Å². The third kappa shape index (κ3) is 7.00. The average Bonchev–Trinajstić information content (AvgIpc) is 3.35. The van der Waals surface area contributed by atoms with Crippen molar-refractivity contribution in [2.45, 2.75) is 19.6 Å². The molecule has 0 aliphatic carbocycles. The Morgan fingerprint density at radius 2 is 1.76 bits per heavy atom. The maximum atomic E-state index is 12.7. The van der Waals surface area contributed by atoms with Crippen molar-refractivity contribution in [2.24, 2.45) is 0 Å². The van der Waals surface area contributed by atoms with Crippen molar-refractivity contribution in [1.29, 1.82) is 0 Å². The van der Waals surface area contributed by atoms with Crippen molar-refractivity contribution >= 4 is 12.0 Å². The van der Waals surface area contributed by atoms with Crippen molar-refractivity contribution in [3.8, 4) is 11.3 Å². The van der Waals surface area contributed by atoms with E-state index in [-0.39, 0.29) is 5.91 Å². The van der Waals surface area contributed by atoms with Crippen LogP contribution in [-0.4, -0.2) is 51.9 Å². The lowest BCUT2D eigenvalue weighted by molar-refractivity contribution is -0.116. The van der Waals surface area contributed by atoms with E-state index >= 15 is 0 Å². The molecule has 7 nitrogen and oxygen atoms in total. The number of carbonyl (C=O) groups is 1. The molecule has 2 aromatic heterocycles. The fourth-order valence-corrected chi connectivity index (χ4v) is 4.41. The second-order valence-electron chi connectivity index (χ2n) is 9.12. The summed E-state index contributed by atoms with van der Waals surface area (Å²) in [6.45, 7) is 5.50. The molecule has 5 rings (SSSR count). The monoisotopic (exact) mass is 493 g/mol. The molecule has 1 fully saturated rings. The third-order valence-electron chi connectivity index (χ3n) is 6.29. The van der Waals surface area contributed by atoms with E-state index in [9.17, 15) is 4.79 Å². The van der Waals surface area contributed by atoms with Crippen molar-refractivity contribution in [3.05, 3.63) is 114 Å².